The summed E-state index contributed by atoms with van der Waals surface area (Å²) < 4.78 is 32.3. The Morgan fingerprint density at radius 1 is 1.36 bits per heavy atom. The number of nitrogens with one attached hydrogen (secondary N) is 1. The van der Waals surface area contributed by atoms with E-state index < -0.39 is 21.7 Å². The number of aromatic nitrogens is 2. The highest BCUT2D eigenvalue weighted by Gasteiger charge is 2.30. The van der Waals surface area contributed by atoms with Gasteiger partial charge in [0.1, 0.15) is 11.4 Å². The molecule has 0 fully saturated rings. The number of carbonyl (C=O) groups is 1. The van der Waals surface area contributed by atoms with Crippen LogP contribution in [0, 0.1) is 0 Å². The summed E-state index contributed by atoms with van der Waals surface area (Å²) in [6.45, 7) is 6.19. The summed E-state index contributed by atoms with van der Waals surface area (Å²) in [7, 11) is -1.74. The maximum atomic E-state index is 12.2. The maximum absolute atomic E-state index is 12.2. The van der Waals surface area contributed by atoms with Gasteiger partial charge in [0, 0.05) is 25.6 Å². The molecule has 1 amide bonds. The van der Waals surface area contributed by atoms with Gasteiger partial charge in [-0.1, -0.05) is 0 Å². The lowest BCUT2D eigenvalue weighted by Gasteiger charge is -2.29. The van der Waals surface area contributed by atoms with Crippen molar-refractivity contribution in [1.82, 2.24) is 14.7 Å². The van der Waals surface area contributed by atoms with E-state index in [1.807, 2.05) is 0 Å². The predicted octanol–water partition coefficient (Wildman–Crippen LogP) is 1.08. The zero-order valence-corrected chi connectivity index (χ0v) is 14.3. The van der Waals surface area contributed by atoms with Crippen LogP contribution in [0.3, 0.4) is 0 Å². The van der Waals surface area contributed by atoms with Crippen LogP contribution in [0.1, 0.15) is 32.0 Å². The van der Waals surface area contributed by atoms with Crippen molar-refractivity contribution in [1.29, 1.82) is 0 Å². The van der Waals surface area contributed by atoms with E-state index in [-0.39, 0.29) is 6.54 Å². The molecule has 0 radical (unpaired) electrons. The fourth-order valence-corrected chi connectivity index (χ4v) is 2.89. The first-order valence-corrected chi connectivity index (χ1v) is 8.86. The first kappa shape index (κ1) is 16.6. The zero-order chi connectivity index (χ0) is 16.7. The van der Waals surface area contributed by atoms with Crippen LogP contribution in [0.2, 0.25) is 0 Å². The number of aryl methyl sites for hydroxylation is 1. The number of rotatable bonds is 2. The smallest absolute Gasteiger partial charge is 0.410 e. The number of ether oxygens (including phenoxy) is 1. The number of amides is 1. The van der Waals surface area contributed by atoms with Crippen LogP contribution in [0.15, 0.2) is 0 Å². The van der Waals surface area contributed by atoms with Gasteiger partial charge in [0.15, 0.2) is 0 Å². The molecule has 0 saturated carbocycles. The standard InChI is InChI=1S/C13H22N4O4S/c1-13(2,3)21-12(18)17-7-6-10-9(8-17)11(16(4)14-10)15-22(5,19)20/h15H,6-8H2,1-5H3. The quantitative estimate of drug-likeness (QED) is 0.876. The van der Waals surface area contributed by atoms with E-state index in [0.717, 1.165) is 11.9 Å². The molecule has 2 rings (SSSR count). The molecule has 0 aliphatic carbocycles. The van der Waals surface area contributed by atoms with Crippen LogP contribution in [0.4, 0.5) is 10.6 Å². The van der Waals surface area contributed by atoms with Crippen molar-refractivity contribution in [3.63, 3.8) is 0 Å². The van der Waals surface area contributed by atoms with Gasteiger partial charge in [0.25, 0.3) is 0 Å². The number of nitrogens with zero attached hydrogens (tertiary/aromatic N) is 3. The maximum Gasteiger partial charge on any atom is 0.410 e. The number of hydrogen-bond acceptors (Lipinski definition) is 5. The molecule has 0 atom stereocenters. The summed E-state index contributed by atoms with van der Waals surface area (Å²) >= 11 is 0. The Morgan fingerprint density at radius 3 is 2.55 bits per heavy atom. The van der Waals surface area contributed by atoms with Crippen LogP contribution in [-0.4, -0.2) is 47.6 Å². The van der Waals surface area contributed by atoms with Gasteiger partial charge >= 0.3 is 6.09 Å². The van der Waals surface area contributed by atoms with Crippen molar-refractivity contribution in [3.05, 3.63) is 11.3 Å². The predicted molar refractivity (Wildman–Crippen MR) is 82.0 cm³/mol. The Morgan fingerprint density at radius 2 is 2.00 bits per heavy atom. The summed E-state index contributed by atoms with van der Waals surface area (Å²) in [5, 5.41) is 4.31. The number of hydrogen-bond donors (Lipinski definition) is 1. The SMILES string of the molecule is Cn1nc2c(c1NS(C)(=O)=O)CN(C(=O)OC(C)(C)C)CC2. The van der Waals surface area contributed by atoms with Crippen LogP contribution in [-0.2, 0) is 34.8 Å². The second kappa shape index (κ2) is 5.45. The number of anilines is 1. The largest absolute Gasteiger partial charge is 0.444 e. The average Bonchev–Trinajstić information content (AvgIpc) is 2.61. The number of carbonyl (C=O) groups excluding carboxylic acids is 1. The molecular formula is C13H22N4O4S. The Bertz CT molecular complexity index is 688. The van der Waals surface area contributed by atoms with Crippen molar-refractivity contribution >= 4 is 21.9 Å². The van der Waals surface area contributed by atoms with Gasteiger partial charge in [-0.2, -0.15) is 5.10 Å². The van der Waals surface area contributed by atoms with Crippen molar-refractivity contribution < 1.29 is 17.9 Å². The Hall–Kier alpha value is -1.77. The summed E-state index contributed by atoms with van der Waals surface area (Å²) in [5.74, 6) is 0.394. The first-order chi connectivity index (χ1) is 9.96. The molecule has 0 spiro atoms. The second-order valence-corrected chi connectivity index (χ2v) is 8.17. The third-order valence-electron chi connectivity index (χ3n) is 3.13. The molecule has 9 heteroatoms. The molecule has 0 saturated heterocycles. The van der Waals surface area contributed by atoms with Crippen LogP contribution in [0.25, 0.3) is 0 Å². The Labute approximate surface area is 130 Å². The van der Waals surface area contributed by atoms with E-state index >= 15 is 0 Å². The molecule has 1 aliphatic heterocycles. The topological polar surface area (TPSA) is 93.5 Å². The van der Waals surface area contributed by atoms with Crippen LogP contribution in [0.5, 0.6) is 0 Å². The van der Waals surface area contributed by atoms with E-state index in [1.165, 1.54) is 4.68 Å². The minimum absolute atomic E-state index is 0.274. The van der Waals surface area contributed by atoms with Gasteiger partial charge in [0.2, 0.25) is 10.0 Å². The molecule has 1 aromatic heterocycles. The fraction of sp³-hybridized carbons (Fsp3) is 0.692. The average molecular weight is 330 g/mol. The molecule has 8 nitrogen and oxygen atoms in total. The molecular weight excluding hydrogens is 308 g/mol. The van der Waals surface area contributed by atoms with Gasteiger partial charge < -0.3 is 9.64 Å². The Kier molecular flexibility index (Phi) is 4.12. The van der Waals surface area contributed by atoms with Crippen LogP contribution < -0.4 is 4.72 Å². The minimum atomic E-state index is -3.42. The molecule has 1 N–H and O–H groups in total. The zero-order valence-electron chi connectivity index (χ0n) is 13.5. The third kappa shape index (κ3) is 3.90. The minimum Gasteiger partial charge on any atom is -0.444 e. The van der Waals surface area contributed by atoms with E-state index in [0.29, 0.717) is 24.3 Å². The molecule has 1 aromatic rings. The highest BCUT2D eigenvalue weighted by Crippen LogP contribution is 2.27. The molecule has 0 aromatic carbocycles. The summed E-state index contributed by atoms with van der Waals surface area (Å²) in [4.78, 5) is 13.7. The summed E-state index contributed by atoms with van der Waals surface area (Å²) in [6, 6.07) is 0. The van der Waals surface area contributed by atoms with E-state index in [9.17, 15) is 13.2 Å². The van der Waals surface area contributed by atoms with E-state index in [2.05, 4.69) is 9.82 Å². The molecule has 2 heterocycles. The molecule has 124 valence electrons. The lowest BCUT2D eigenvalue weighted by molar-refractivity contribution is 0.0224. The van der Waals surface area contributed by atoms with Gasteiger partial charge in [-0.25, -0.2) is 13.2 Å². The summed E-state index contributed by atoms with van der Waals surface area (Å²) in [5.41, 5.74) is 0.943. The van der Waals surface area contributed by atoms with Crippen molar-refractivity contribution in [3.8, 4) is 0 Å². The van der Waals surface area contributed by atoms with Crippen molar-refractivity contribution in [2.75, 3.05) is 17.5 Å². The van der Waals surface area contributed by atoms with Gasteiger partial charge in [0.05, 0.1) is 18.5 Å². The third-order valence-corrected chi connectivity index (χ3v) is 3.69. The molecule has 0 bridgehead atoms. The fourth-order valence-electron chi connectivity index (χ4n) is 2.29. The van der Waals surface area contributed by atoms with Gasteiger partial charge in [-0.05, 0) is 20.8 Å². The molecule has 1 aliphatic rings. The lowest BCUT2D eigenvalue weighted by atomic mass is 10.1. The summed E-state index contributed by atoms with van der Waals surface area (Å²) in [6.07, 6.45) is 1.24. The van der Waals surface area contributed by atoms with Crippen molar-refractivity contribution in [2.45, 2.75) is 39.3 Å². The van der Waals surface area contributed by atoms with E-state index in [4.69, 9.17) is 4.74 Å². The van der Waals surface area contributed by atoms with Crippen molar-refractivity contribution in [2.24, 2.45) is 7.05 Å². The number of sulfonamides is 1. The molecule has 0 unspecified atom stereocenters. The molecule has 22 heavy (non-hydrogen) atoms. The van der Waals surface area contributed by atoms with E-state index in [1.54, 1.807) is 32.7 Å². The van der Waals surface area contributed by atoms with Gasteiger partial charge in [-0.3, -0.25) is 9.40 Å². The second-order valence-electron chi connectivity index (χ2n) is 6.42. The number of fused-ring (bicyclic) bond motifs is 1. The normalized spacial score (nSPS) is 15.4. The van der Waals surface area contributed by atoms with Crippen LogP contribution >= 0.6 is 0 Å². The first-order valence-electron chi connectivity index (χ1n) is 6.97. The monoisotopic (exact) mass is 330 g/mol. The Balaban J connectivity index is 2.24. The lowest BCUT2D eigenvalue weighted by Crippen LogP contribution is -2.40. The highest BCUT2D eigenvalue weighted by molar-refractivity contribution is 7.92. The highest BCUT2D eigenvalue weighted by atomic mass is 32.2. The van der Waals surface area contributed by atoms with Gasteiger partial charge in [-0.15, -0.1) is 0 Å².